The number of rotatable bonds is 8. The minimum atomic E-state index is -1.46. The summed E-state index contributed by atoms with van der Waals surface area (Å²) in [6.07, 6.45) is -1.17. The summed E-state index contributed by atoms with van der Waals surface area (Å²) in [7, 11) is 5.21. The minimum Gasteiger partial charge on any atom is -0.394 e. The van der Waals surface area contributed by atoms with Crippen LogP contribution in [0.5, 0.6) is 0 Å². The van der Waals surface area contributed by atoms with E-state index in [1.54, 1.807) is 21.3 Å². The third-order valence-corrected chi connectivity index (χ3v) is 9.89. The highest BCUT2D eigenvalue weighted by Gasteiger charge is 2.54. The van der Waals surface area contributed by atoms with Crippen molar-refractivity contribution in [3.05, 3.63) is 0 Å². The lowest BCUT2D eigenvalue weighted by molar-refractivity contribution is -0.315. The molecule has 5 aliphatic rings. The first kappa shape index (κ1) is 29.1. The maximum Gasteiger partial charge on any atom is 0.186 e. The first-order valence-corrected chi connectivity index (χ1v) is 14.2. The average molecular weight is 547 g/mol. The summed E-state index contributed by atoms with van der Waals surface area (Å²) in [4.78, 5) is 0. The van der Waals surface area contributed by atoms with Crippen LogP contribution in [0.3, 0.4) is 0 Å². The van der Waals surface area contributed by atoms with E-state index in [-0.39, 0.29) is 42.5 Å². The predicted molar refractivity (Wildman–Crippen MR) is 132 cm³/mol. The number of aliphatic hydroxyl groups is 4. The molecule has 0 spiro atoms. The summed E-state index contributed by atoms with van der Waals surface area (Å²) < 4.78 is 41.8. The Morgan fingerprint density at radius 1 is 0.684 bits per heavy atom. The first-order chi connectivity index (χ1) is 18.4. The zero-order valence-corrected chi connectivity index (χ0v) is 22.7. The van der Waals surface area contributed by atoms with Gasteiger partial charge in [0.05, 0.1) is 56.4 Å². The third-order valence-electron chi connectivity index (χ3n) is 9.89. The van der Waals surface area contributed by atoms with Gasteiger partial charge in [-0.1, -0.05) is 0 Å². The normalized spacial score (nSPS) is 51.7. The molecule has 0 radical (unpaired) electrons. The molecule has 4 N–H and O–H groups in total. The van der Waals surface area contributed by atoms with Crippen molar-refractivity contribution in [3.8, 4) is 0 Å². The molecule has 15 unspecified atom stereocenters. The van der Waals surface area contributed by atoms with Crippen molar-refractivity contribution < 1.29 is 53.6 Å². The summed E-state index contributed by atoms with van der Waals surface area (Å²) in [6.45, 7) is 0.905. The number of ether oxygens (including phenoxy) is 7. The van der Waals surface area contributed by atoms with E-state index in [0.29, 0.717) is 37.4 Å². The molecule has 220 valence electrons. The fourth-order valence-electron chi connectivity index (χ4n) is 7.75. The highest BCUT2D eigenvalue weighted by atomic mass is 16.7. The molecule has 5 fully saturated rings. The summed E-state index contributed by atoms with van der Waals surface area (Å²) >= 11 is 0. The number of hydrogen-bond acceptors (Lipinski definition) is 11. The van der Waals surface area contributed by atoms with Gasteiger partial charge in [0.1, 0.15) is 24.4 Å². The van der Waals surface area contributed by atoms with Gasteiger partial charge in [-0.3, -0.25) is 0 Å². The van der Waals surface area contributed by atoms with Gasteiger partial charge in [0, 0.05) is 45.5 Å². The van der Waals surface area contributed by atoms with E-state index in [4.69, 9.17) is 33.2 Å². The Kier molecular flexibility index (Phi) is 9.64. The molecule has 0 bridgehead atoms. The van der Waals surface area contributed by atoms with E-state index in [1.807, 2.05) is 0 Å². The molecule has 3 heterocycles. The van der Waals surface area contributed by atoms with Gasteiger partial charge in [0.15, 0.2) is 6.29 Å². The van der Waals surface area contributed by atoms with Gasteiger partial charge in [-0.05, 0) is 38.0 Å². The van der Waals surface area contributed by atoms with E-state index in [0.717, 1.165) is 32.1 Å². The van der Waals surface area contributed by atoms with E-state index in [1.165, 1.54) is 0 Å². The van der Waals surface area contributed by atoms with E-state index in [2.05, 4.69) is 0 Å². The van der Waals surface area contributed by atoms with E-state index < -0.39 is 37.3 Å². The highest BCUT2D eigenvalue weighted by Crippen LogP contribution is 2.48. The minimum absolute atomic E-state index is 0.0525. The summed E-state index contributed by atoms with van der Waals surface area (Å²) in [5.74, 6) is 1.32. The van der Waals surface area contributed by atoms with Crippen molar-refractivity contribution in [1.82, 2.24) is 0 Å². The van der Waals surface area contributed by atoms with Crippen molar-refractivity contribution in [2.75, 3.05) is 41.2 Å². The second-order valence-electron chi connectivity index (χ2n) is 11.8. The van der Waals surface area contributed by atoms with Gasteiger partial charge in [-0.2, -0.15) is 0 Å². The maximum atomic E-state index is 10.4. The Balaban J connectivity index is 1.17. The number of hydrogen-bond donors (Lipinski definition) is 4. The lowest BCUT2D eigenvalue weighted by Gasteiger charge is -2.43. The fourth-order valence-corrected chi connectivity index (χ4v) is 7.75. The molecule has 0 aromatic heterocycles. The molecular weight excluding hydrogens is 500 g/mol. The molecule has 15 atom stereocenters. The zero-order valence-electron chi connectivity index (χ0n) is 22.7. The van der Waals surface area contributed by atoms with Gasteiger partial charge in [0.25, 0.3) is 0 Å². The lowest BCUT2D eigenvalue weighted by Crippen LogP contribution is -2.60. The van der Waals surface area contributed by atoms with Crippen LogP contribution in [-0.4, -0.2) is 129 Å². The first-order valence-electron chi connectivity index (χ1n) is 14.2. The Hall–Kier alpha value is -0.440. The Morgan fingerprint density at radius 3 is 2.05 bits per heavy atom. The Labute approximate surface area is 224 Å². The van der Waals surface area contributed by atoms with Crippen LogP contribution in [0.1, 0.15) is 38.5 Å². The van der Waals surface area contributed by atoms with Crippen LogP contribution in [0, 0.1) is 23.7 Å². The zero-order chi connectivity index (χ0) is 27.0. The molecule has 0 aromatic rings. The maximum absolute atomic E-state index is 10.4. The molecule has 0 aromatic carbocycles. The molecule has 0 amide bonds. The van der Waals surface area contributed by atoms with Crippen LogP contribution in [0.25, 0.3) is 0 Å². The summed E-state index contributed by atoms with van der Waals surface area (Å²) in [5, 5.41) is 40.0. The molecule has 2 aliphatic carbocycles. The quantitative estimate of drug-likeness (QED) is 0.322. The number of methoxy groups -OCH3 is 3. The Bertz CT molecular complexity index is 755. The molecular formula is C27H46O11. The molecule has 38 heavy (non-hydrogen) atoms. The third kappa shape index (κ3) is 5.54. The Morgan fingerprint density at radius 2 is 1.37 bits per heavy atom. The standard InChI is InChI=1S/C27H46O11/c1-32-18-7-4-13(8-20(18)34-3)25-16-11-36-26(17(16)12-35-25)15-6-5-14(9-19(15)33-2)37-27-24(31)23(30)22(29)21(10-28)38-27/h13-31H,4-12H2,1-3H3. The average Bonchev–Trinajstić information content (AvgIpc) is 3.55. The molecule has 3 saturated heterocycles. The van der Waals surface area contributed by atoms with Gasteiger partial charge < -0.3 is 53.6 Å². The van der Waals surface area contributed by atoms with Gasteiger partial charge in [-0.25, -0.2) is 0 Å². The smallest absolute Gasteiger partial charge is 0.186 e. The summed E-state index contributed by atoms with van der Waals surface area (Å²) in [5.41, 5.74) is 0. The van der Waals surface area contributed by atoms with Crippen LogP contribution in [0.4, 0.5) is 0 Å². The van der Waals surface area contributed by atoms with Crippen molar-refractivity contribution in [2.24, 2.45) is 23.7 Å². The van der Waals surface area contributed by atoms with E-state index in [9.17, 15) is 20.4 Å². The monoisotopic (exact) mass is 546 g/mol. The van der Waals surface area contributed by atoms with Crippen LogP contribution in [0.2, 0.25) is 0 Å². The van der Waals surface area contributed by atoms with Crippen LogP contribution >= 0.6 is 0 Å². The van der Waals surface area contributed by atoms with Crippen molar-refractivity contribution in [3.63, 3.8) is 0 Å². The number of aliphatic hydroxyl groups excluding tert-OH is 4. The van der Waals surface area contributed by atoms with Crippen LogP contribution in [0.15, 0.2) is 0 Å². The SMILES string of the molecule is COC1CCC(C2OCC3C2COC3C2CCC(OC3OC(CO)C(O)C(O)C3O)CC2OC)CC1OC. The molecule has 11 nitrogen and oxygen atoms in total. The lowest BCUT2D eigenvalue weighted by atomic mass is 9.72. The molecule has 3 aliphatic heterocycles. The fraction of sp³-hybridized carbons (Fsp3) is 1.00. The molecule has 5 rings (SSSR count). The van der Waals surface area contributed by atoms with Gasteiger partial charge in [0.2, 0.25) is 0 Å². The largest absolute Gasteiger partial charge is 0.394 e. The van der Waals surface area contributed by atoms with E-state index >= 15 is 0 Å². The van der Waals surface area contributed by atoms with Crippen molar-refractivity contribution in [1.29, 1.82) is 0 Å². The number of fused-ring (bicyclic) bond motifs is 1. The van der Waals surface area contributed by atoms with Gasteiger partial charge in [-0.15, -0.1) is 0 Å². The highest BCUT2D eigenvalue weighted by molar-refractivity contribution is 5.02. The van der Waals surface area contributed by atoms with Crippen LogP contribution in [-0.2, 0) is 33.2 Å². The van der Waals surface area contributed by atoms with Crippen molar-refractivity contribution >= 4 is 0 Å². The predicted octanol–water partition coefficient (Wildman–Crippen LogP) is -0.153. The molecule has 11 heteroatoms. The van der Waals surface area contributed by atoms with Crippen molar-refractivity contribution in [2.45, 2.75) is 106 Å². The summed E-state index contributed by atoms with van der Waals surface area (Å²) in [6, 6.07) is 0. The second kappa shape index (κ2) is 12.6. The van der Waals surface area contributed by atoms with Crippen LogP contribution < -0.4 is 0 Å². The molecule has 2 saturated carbocycles. The topological polar surface area (TPSA) is 146 Å². The van der Waals surface area contributed by atoms with Gasteiger partial charge >= 0.3 is 0 Å². The second-order valence-corrected chi connectivity index (χ2v) is 11.8.